The predicted octanol–water partition coefficient (Wildman–Crippen LogP) is 2.64. The number of aryl methyl sites for hydroxylation is 1. The first-order valence-electron chi connectivity index (χ1n) is 5.16. The van der Waals surface area contributed by atoms with Crippen molar-refractivity contribution >= 4 is 0 Å². The SMILES string of the molecule is CCc1nc(-c2ccccc2OC(F)F)n[nH]1. The second-order valence-corrected chi connectivity index (χ2v) is 3.33. The minimum atomic E-state index is -2.86. The number of H-pyrrole nitrogens is 1. The van der Waals surface area contributed by atoms with Gasteiger partial charge in [-0.05, 0) is 12.1 Å². The van der Waals surface area contributed by atoms with E-state index in [-0.39, 0.29) is 5.75 Å². The minimum absolute atomic E-state index is 0.0733. The van der Waals surface area contributed by atoms with Crippen molar-refractivity contribution in [3.63, 3.8) is 0 Å². The second-order valence-electron chi connectivity index (χ2n) is 3.33. The summed E-state index contributed by atoms with van der Waals surface area (Å²) in [5.41, 5.74) is 0.448. The van der Waals surface area contributed by atoms with Crippen LogP contribution in [0.1, 0.15) is 12.7 Å². The number of hydrogen-bond acceptors (Lipinski definition) is 3. The van der Waals surface area contributed by atoms with Gasteiger partial charge < -0.3 is 4.74 Å². The summed E-state index contributed by atoms with van der Waals surface area (Å²) in [6, 6.07) is 6.44. The molecule has 1 heterocycles. The maximum Gasteiger partial charge on any atom is 0.387 e. The van der Waals surface area contributed by atoms with Gasteiger partial charge in [-0.2, -0.15) is 13.9 Å². The van der Waals surface area contributed by atoms with Crippen molar-refractivity contribution in [2.24, 2.45) is 0 Å². The van der Waals surface area contributed by atoms with Gasteiger partial charge in [0, 0.05) is 6.42 Å². The van der Waals surface area contributed by atoms with Crippen molar-refractivity contribution < 1.29 is 13.5 Å². The van der Waals surface area contributed by atoms with Crippen LogP contribution in [0.15, 0.2) is 24.3 Å². The Morgan fingerprint density at radius 3 is 2.76 bits per heavy atom. The lowest BCUT2D eigenvalue weighted by Gasteiger charge is -2.07. The third kappa shape index (κ3) is 2.58. The molecule has 1 N–H and O–H groups in total. The van der Waals surface area contributed by atoms with Crippen molar-refractivity contribution in [2.45, 2.75) is 20.0 Å². The summed E-state index contributed by atoms with van der Waals surface area (Å²) in [5.74, 6) is 1.13. The number of alkyl halides is 2. The predicted molar refractivity (Wildman–Crippen MR) is 57.8 cm³/mol. The first-order valence-corrected chi connectivity index (χ1v) is 5.16. The number of halogens is 2. The molecule has 0 aliphatic heterocycles. The number of nitrogens with zero attached hydrogens (tertiary/aromatic N) is 2. The van der Waals surface area contributed by atoms with E-state index in [4.69, 9.17) is 0 Å². The highest BCUT2D eigenvalue weighted by molar-refractivity contribution is 5.63. The van der Waals surface area contributed by atoms with Crippen LogP contribution in [0.2, 0.25) is 0 Å². The lowest BCUT2D eigenvalue weighted by molar-refractivity contribution is -0.0494. The molecular weight excluding hydrogens is 228 g/mol. The van der Waals surface area contributed by atoms with Gasteiger partial charge in [0.15, 0.2) is 5.82 Å². The molecule has 0 unspecified atom stereocenters. The zero-order chi connectivity index (χ0) is 12.3. The lowest BCUT2D eigenvalue weighted by Crippen LogP contribution is -2.03. The number of aromatic amines is 1. The maximum absolute atomic E-state index is 12.2. The zero-order valence-corrected chi connectivity index (χ0v) is 9.15. The fraction of sp³-hybridized carbons (Fsp3) is 0.273. The Morgan fingerprint density at radius 1 is 1.35 bits per heavy atom. The third-order valence-electron chi connectivity index (χ3n) is 2.21. The molecule has 0 aliphatic rings. The third-order valence-corrected chi connectivity index (χ3v) is 2.21. The molecule has 90 valence electrons. The Kier molecular flexibility index (Phi) is 3.32. The summed E-state index contributed by atoms with van der Waals surface area (Å²) in [6.07, 6.45) is 0.699. The van der Waals surface area contributed by atoms with Crippen LogP contribution in [0.5, 0.6) is 5.75 Å². The maximum atomic E-state index is 12.2. The molecule has 0 radical (unpaired) electrons. The van der Waals surface area contributed by atoms with Crippen LogP contribution >= 0.6 is 0 Å². The van der Waals surface area contributed by atoms with E-state index in [9.17, 15) is 8.78 Å². The summed E-state index contributed by atoms with van der Waals surface area (Å²) < 4.78 is 28.8. The molecule has 2 aromatic rings. The Labute approximate surface area is 96.6 Å². The lowest BCUT2D eigenvalue weighted by atomic mass is 10.2. The molecule has 2 rings (SSSR count). The van der Waals surface area contributed by atoms with Crippen LogP contribution in [0.4, 0.5) is 8.78 Å². The van der Waals surface area contributed by atoms with E-state index in [1.54, 1.807) is 18.2 Å². The van der Waals surface area contributed by atoms with Gasteiger partial charge >= 0.3 is 6.61 Å². The standard InChI is InChI=1S/C11H11F2N3O/c1-2-9-14-10(16-15-9)7-5-3-4-6-8(7)17-11(12)13/h3-6,11H,2H2,1H3,(H,14,15,16). The fourth-order valence-electron chi connectivity index (χ4n) is 1.42. The quantitative estimate of drug-likeness (QED) is 0.892. The van der Waals surface area contributed by atoms with Crippen molar-refractivity contribution in [1.29, 1.82) is 0 Å². The molecule has 17 heavy (non-hydrogen) atoms. The average molecular weight is 239 g/mol. The number of ether oxygens (including phenoxy) is 1. The molecule has 0 atom stereocenters. The zero-order valence-electron chi connectivity index (χ0n) is 9.15. The smallest absolute Gasteiger partial charge is 0.387 e. The number of para-hydroxylation sites is 1. The summed E-state index contributed by atoms with van der Waals surface area (Å²) in [6.45, 7) is -0.938. The molecule has 0 bridgehead atoms. The molecule has 0 saturated carbocycles. The molecule has 4 nitrogen and oxygen atoms in total. The van der Waals surface area contributed by atoms with Crippen LogP contribution < -0.4 is 4.74 Å². The first-order chi connectivity index (χ1) is 8.20. The van der Waals surface area contributed by atoms with Crippen LogP contribution in [0.3, 0.4) is 0 Å². The van der Waals surface area contributed by atoms with E-state index in [2.05, 4.69) is 19.9 Å². The molecule has 0 saturated heterocycles. The van der Waals surface area contributed by atoms with E-state index in [1.807, 2.05) is 6.92 Å². The summed E-state index contributed by atoms with van der Waals surface area (Å²) in [7, 11) is 0. The van der Waals surface area contributed by atoms with Gasteiger partial charge in [-0.3, -0.25) is 5.10 Å². The molecule has 6 heteroatoms. The highest BCUT2D eigenvalue weighted by Crippen LogP contribution is 2.28. The topological polar surface area (TPSA) is 50.8 Å². The van der Waals surface area contributed by atoms with Crippen LogP contribution in [-0.4, -0.2) is 21.8 Å². The Morgan fingerprint density at radius 2 is 2.12 bits per heavy atom. The number of aromatic nitrogens is 3. The summed E-state index contributed by atoms with van der Waals surface area (Å²) in [5, 5.41) is 6.69. The molecule has 0 spiro atoms. The first kappa shape index (κ1) is 11.5. The van der Waals surface area contributed by atoms with Crippen molar-refractivity contribution in [3.8, 4) is 17.1 Å². The number of nitrogens with one attached hydrogen (secondary N) is 1. The fourth-order valence-corrected chi connectivity index (χ4v) is 1.42. The summed E-state index contributed by atoms with van der Waals surface area (Å²) in [4.78, 5) is 4.18. The normalized spacial score (nSPS) is 10.8. The number of hydrogen-bond donors (Lipinski definition) is 1. The number of rotatable bonds is 4. The Hall–Kier alpha value is -1.98. The van der Waals surface area contributed by atoms with Crippen molar-refractivity contribution in [1.82, 2.24) is 15.2 Å². The van der Waals surface area contributed by atoms with E-state index >= 15 is 0 Å². The van der Waals surface area contributed by atoms with E-state index in [0.717, 1.165) is 0 Å². The molecule has 0 amide bonds. The van der Waals surface area contributed by atoms with Gasteiger partial charge in [0.05, 0.1) is 5.56 Å². The van der Waals surface area contributed by atoms with E-state index in [0.29, 0.717) is 23.6 Å². The van der Waals surface area contributed by atoms with E-state index in [1.165, 1.54) is 6.07 Å². The van der Waals surface area contributed by atoms with Crippen molar-refractivity contribution in [2.75, 3.05) is 0 Å². The average Bonchev–Trinajstić information content (AvgIpc) is 2.77. The van der Waals surface area contributed by atoms with Gasteiger partial charge in [-0.25, -0.2) is 4.98 Å². The Balaban J connectivity index is 2.36. The highest BCUT2D eigenvalue weighted by Gasteiger charge is 2.13. The molecule has 0 fully saturated rings. The molecule has 1 aromatic heterocycles. The highest BCUT2D eigenvalue weighted by atomic mass is 19.3. The van der Waals surface area contributed by atoms with Gasteiger partial charge in [0.2, 0.25) is 0 Å². The van der Waals surface area contributed by atoms with Gasteiger partial charge in [0.25, 0.3) is 0 Å². The Bertz CT molecular complexity index is 499. The second kappa shape index (κ2) is 4.90. The largest absolute Gasteiger partial charge is 0.434 e. The van der Waals surface area contributed by atoms with Crippen LogP contribution in [0, 0.1) is 0 Å². The van der Waals surface area contributed by atoms with Crippen LogP contribution in [0.25, 0.3) is 11.4 Å². The summed E-state index contributed by atoms with van der Waals surface area (Å²) >= 11 is 0. The molecule has 0 aliphatic carbocycles. The molecule has 1 aromatic carbocycles. The van der Waals surface area contributed by atoms with Gasteiger partial charge in [0.1, 0.15) is 11.6 Å². The van der Waals surface area contributed by atoms with Crippen molar-refractivity contribution in [3.05, 3.63) is 30.1 Å². The monoisotopic (exact) mass is 239 g/mol. The van der Waals surface area contributed by atoms with E-state index < -0.39 is 6.61 Å². The van der Waals surface area contributed by atoms with Crippen LogP contribution in [-0.2, 0) is 6.42 Å². The molecular formula is C11H11F2N3O. The van der Waals surface area contributed by atoms with Gasteiger partial charge in [-0.1, -0.05) is 19.1 Å². The number of benzene rings is 1. The minimum Gasteiger partial charge on any atom is -0.434 e. The van der Waals surface area contributed by atoms with Gasteiger partial charge in [-0.15, -0.1) is 0 Å².